The van der Waals surface area contributed by atoms with Gasteiger partial charge in [-0.25, -0.2) is 4.57 Å². The molecule has 0 aliphatic heterocycles. The Labute approximate surface area is 346 Å². The quantitative estimate of drug-likeness (QED) is 0.0235. The van der Waals surface area contributed by atoms with Gasteiger partial charge in [0.2, 0.25) is 0 Å². The van der Waals surface area contributed by atoms with Gasteiger partial charge in [-0.1, -0.05) is 152 Å². The fourth-order valence-electron chi connectivity index (χ4n) is 5.69. The van der Waals surface area contributed by atoms with Crippen LogP contribution in [0.5, 0.6) is 0 Å². The average Bonchev–Trinajstić information content (AvgIpc) is 3.20. The maximum atomic E-state index is 12.6. The Morgan fingerprint density at radius 1 is 0.526 bits per heavy atom. The first-order valence-electron chi connectivity index (χ1n) is 22.2. The Bertz CT molecular complexity index is 1130. The lowest BCUT2D eigenvalue weighted by atomic mass is 10.1. The Hall–Kier alpha value is -2.33. The number of hydrogen-bond donors (Lipinski definition) is 3. The zero-order valence-corrected chi connectivity index (χ0v) is 36.7. The van der Waals surface area contributed by atoms with Crippen LogP contribution in [-0.2, 0) is 32.7 Å². The maximum absolute atomic E-state index is 12.6. The van der Waals surface area contributed by atoms with Crippen LogP contribution < -0.4 is 0 Å². The Morgan fingerprint density at radius 2 is 0.930 bits per heavy atom. The number of allylic oxidation sites excluding steroid dienone is 10. The summed E-state index contributed by atoms with van der Waals surface area (Å²) in [4.78, 5) is 34.9. The molecule has 0 heterocycles. The van der Waals surface area contributed by atoms with Crippen LogP contribution in [0, 0.1) is 0 Å². The average molecular weight is 825 g/mol. The molecule has 0 spiro atoms. The van der Waals surface area contributed by atoms with Crippen molar-refractivity contribution in [2.45, 2.75) is 193 Å². The number of carbonyl (C=O) groups excluding carboxylic acids is 2. The number of aliphatic hydroxyl groups is 2. The Balaban J connectivity index is 4.37. The van der Waals surface area contributed by atoms with Crippen LogP contribution in [-0.4, -0.2) is 65.7 Å². The van der Waals surface area contributed by atoms with E-state index in [2.05, 4.69) is 73.1 Å². The van der Waals surface area contributed by atoms with Gasteiger partial charge in [-0.05, 0) is 77.0 Å². The highest BCUT2D eigenvalue weighted by Crippen LogP contribution is 2.43. The van der Waals surface area contributed by atoms with E-state index in [4.69, 9.17) is 19.1 Å². The molecular weight excluding hydrogens is 743 g/mol. The molecule has 0 aromatic heterocycles. The fraction of sp³-hybridized carbons (Fsp3) is 0.739. The van der Waals surface area contributed by atoms with Crippen LogP contribution in [0.2, 0.25) is 0 Å². The fourth-order valence-corrected chi connectivity index (χ4v) is 6.48. The predicted octanol–water partition coefficient (Wildman–Crippen LogP) is 11.9. The monoisotopic (exact) mass is 825 g/mol. The molecule has 0 bridgehead atoms. The molecule has 0 aromatic rings. The lowest BCUT2D eigenvalue weighted by molar-refractivity contribution is -0.161. The van der Waals surface area contributed by atoms with Gasteiger partial charge >= 0.3 is 19.8 Å². The molecule has 0 fully saturated rings. The number of aliphatic hydroxyl groups excluding tert-OH is 2. The smallest absolute Gasteiger partial charge is 0.462 e. The minimum Gasteiger partial charge on any atom is -0.462 e. The molecule has 0 aromatic carbocycles. The van der Waals surface area contributed by atoms with E-state index in [1.807, 2.05) is 6.08 Å². The molecule has 3 atom stereocenters. The summed E-state index contributed by atoms with van der Waals surface area (Å²) in [5.74, 6) is -1.00. The van der Waals surface area contributed by atoms with Crippen molar-refractivity contribution in [1.82, 2.24) is 0 Å². The summed E-state index contributed by atoms with van der Waals surface area (Å²) in [6, 6.07) is 0. The number of esters is 2. The second-order valence-corrected chi connectivity index (χ2v) is 16.2. The molecule has 11 heteroatoms. The van der Waals surface area contributed by atoms with E-state index in [9.17, 15) is 24.2 Å². The molecule has 1 unspecified atom stereocenters. The van der Waals surface area contributed by atoms with Crippen molar-refractivity contribution >= 4 is 19.8 Å². The molecular formula is C46H81O10P. The van der Waals surface area contributed by atoms with Crippen LogP contribution in [0.25, 0.3) is 0 Å². The number of phosphoric ester groups is 1. The highest BCUT2D eigenvalue weighted by molar-refractivity contribution is 7.47. The van der Waals surface area contributed by atoms with Crippen molar-refractivity contribution in [3.05, 3.63) is 60.8 Å². The highest BCUT2D eigenvalue weighted by atomic mass is 31.2. The molecule has 330 valence electrons. The molecule has 57 heavy (non-hydrogen) atoms. The third-order valence-electron chi connectivity index (χ3n) is 9.14. The van der Waals surface area contributed by atoms with E-state index in [1.165, 1.54) is 77.0 Å². The molecule has 3 N–H and O–H groups in total. The molecule has 0 radical (unpaired) electrons. The van der Waals surface area contributed by atoms with Crippen molar-refractivity contribution in [2.75, 3.05) is 26.4 Å². The summed E-state index contributed by atoms with van der Waals surface area (Å²) >= 11 is 0. The van der Waals surface area contributed by atoms with E-state index < -0.39 is 51.8 Å². The summed E-state index contributed by atoms with van der Waals surface area (Å²) in [5, 5.41) is 18.3. The van der Waals surface area contributed by atoms with E-state index >= 15 is 0 Å². The summed E-state index contributed by atoms with van der Waals surface area (Å²) < 4.78 is 32.6. The standard InChI is InChI=1S/C46H81O10P/c1-3-5-7-9-11-13-15-17-18-19-20-21-22-23-24-26-27-29-31-33-35-37-45(49)53-41-44(42-55-57(51,52)54-40-43(48)39-47)56-46(50)38-36-34-32-30-28-25-16-14-12-10-8-6-4-2/h14,16,18-19,21-22,24,26,29,31,43-44,47-48H,3-13,15,17,20,23,25,27-28,30,32-42H2,1-2H3,(H,51,52)/b16-14+,19-18+,22-21+,26-24+,31-29+/t43-,44+/m1/s1. The van der Waals surface area contributed by atoms with Crippen LogP contribution in [0.4, 0.5) is 0 Å². The van der Waals surface area contributed by atoms with Gasteiger partial charge in [-0.15, -0.1) is 0 Å². The second kappa shape index (κ2) is 41.8. The second-order valence-electron chi connectivity index (χ2n) is 14.7. The number of carbonyl (C=O) groups is 2. The molecule has 0 saturated heterocycles. The summed E-state index contributed by atoms with van der Waals surface area (Å²) in [7, 11) is -4.63. The van der Waals surface area contributed by atoms with Crippen molar-refractivity contribution in [3.63, 3.8) is 0 Å². The molecule has 0 amide bonds. The van der Waals surface area contributed by atoms with E-state index in [-0.39, 0.29) is 19.4 Å². The maximum Gasteiger partial charge on any atom is 0.472 e. The van der Waals surface area contributed by atoms with Gasteiger partial charge in [0.25, 0.3) is 0 Å². The number of ether oxygens (including phenoxy) is 2. The Kier molecular flexibility index (Phi) is 40.1. The first-order valence-corrected chi connectivity index (χ1v) is 23.7. The summed E-state index contributed by atoms with van der Waals surface area (Å²) in [6.07, 6.45) is 46.3. The summed E-state index contributed by atoms with van der Waals surface area (Å²) in [6.45, 7) is 2.28. The van der Waals surface area contributed by atoms with E-state index in [0.29, 0.717) is 19.3 Å². The van der Waals surface area contributed by atoms with E-state index in [1.54, 1.807) is 0 Å². The van der Waals surface area contributed by atoms with Gasteiger partial charge in [-0.3, -0.25) is 18.6 Å². The molecule has 0 aliphatic carbocycles. The van der Waals surface area contributed by atoms with Crippen LogP contribution in [0.3, 0.4) is 0 Å². The van der Waals surface area contributed by atoms with Crippen molar-refractivity contribution in [2.24, 2.45) is 0 Å². The van der Waals surface area contributed by atoms with Crippen LogP contribution >= 0.6 is 7.82 Å². The van der Waals surface area contributed by atoms with Gasteiger partial charge in [0, 0.05) is 12.8 Å². The van der Waals surface area contributed by atoms with Gasteiger partial charge < -0.3 is 24.6 Å². The van der Waals surface area contributed by atoms with Crippen molar-refractivity contribution in [1.29, 1.82) is 0 Å². The van der Waals surface area contributed by atoms with Crippen LogP contribution in [0.15, 0.2) is 60.8 Å². The lowest BCUT2D eigenvalue weighted by Gasteiger charge is -2.20. The van der Waals surface area contributed by atoms with Gasteiger partial charge in [0.15, 0.2) is 6.10 Å². The minimum atomic E-state index is -4.63. The summed E-state index contributed by atoms with van der Waals surface area (Å²) in [5.41, 5.74) is 0. The number of unbranched alkanes of at least 4 members (excludes halogenated alkanes) is 17. The number of hydrogen-bond acceptors (Lipinski definition) is 9. The third kappa shape index (κ3) is 41.6. The molecule has 0 saturated carbocycles. The molecule has 10 nitrogen and oxygen atoms in total. The number of rotatable bonds is 41. The largest absolute Gasteiger partial charge is 0.472 e. The first-order chi connectivity index (χ1) is 27.7. The van der Waals surface area contributed by atoms with Gasteiger partial charge in [0.05, 0.1) is 19.8 Å². The zero-order valence-electron chi connectivity index (χ0n) is 35.8. The first kappa shape index (κ1) is 54.7. The SMILES string of the molecule is CCCCCC/C=C/CCCCCCCC(=O)O[C@@H](COC(=O)CCC/C=C/C/C=C/C/C=C/C/C=C/CCCCCCCCC)COP(=O)(O)OC[C@H](O)CO. The highest BCUT2D eigenvalue weighted by Gasteiger charge is 2.27. The van der Waals surface area contributed by atoms with E-state index in [0.717, 1.165) is 57.8 Å². The normalized spacial score (nSPS) is 14.4. The Morgan fingerprint density at radius 3 is 1.46 bits per heavy atom. The topological polar surface area (TPSA) is 149 Å². The predicted molar refractivity (Wildman–Crippen MR) is 233 cm³/mol. The van der Waals surface area contributed by atoms with Gasteiger partial charge in [-0.2, -0.15) is 0 Å². The molecule has 0 rings (SSSR count). The third-order valence-corrected chi connectivity index (χ3v) is 10.1. The zero-order chi connectivity index (χ0) is 41.9. The molecule has 0 aliphatic rings. The van der Waals surface area contributed by atoms with Crippen molar-refractivity contribution < 1.29 is 47.8 Å². The lowest BCUT2D eigenvalue weighted by Crippen LogP contribution is -2.29. The minimum absolute atomic E-state index is 0.160. The number of phosphoric acid groups is 1. The van der Waals surface area contributed by atoms with Crippen molar-refractivity contribution in [3.8, 4) is 0 Å². The van der Waals surface area contributed by atoms with Gasteiger partial charge in [0.1, 0.15) is 12.7 Å². The van der Waals surface area contributed by atoms with Crippen LogP contribution in [0.1, 0.15) is 181 Å².